The van der Waals surface area contributed by atoms with E-state index >= 15 is 0 Å². The predicted molar refractivity (Wildman–Crippen MR) is 54.8 cm³/mol. The van der Waals surface area contributed by atoms with E-state index in [9.17, 15) is 15.3 Å². The van der Waals surface area contributed by atoms with Crippen LogP contribution in [0.1, 0.15) is 13.8 Å². The van der Waals surface area contributed by atoms with Crippen molar-refractivity contribution in [2.45, 2.75) is 50.7 Å². The molecule has 3 N–H and O–H groups in total. The van der Waals surface area contributed by atoms with E-state index in [1.165, 1.54) is 7.11 Å². The van der Waals surface area contributed by atoms with Crippen LogP contribution in [0.5, 0.6) is 0 Å². The number of aliphatic hydroxyl groups is 3. The van der Waals surface area contributed by atoms with Gasteiger partial charge in [-0.25, -0.2) is 0 Å². The summed E-state index contributed by atoms with van der Waals surface area (Å²) in [6, 6.07) is 0. The van der Waals surface area contributed by atoms with E-state index in [0.717, 1.165) is 0 Å². The Labute approximate surface area is 94.7 Å². The summed E-state index contributed by atoms with van der Waals surface area (Å²) in [5.74, 6) is 0. The lowest BCUT2D eigenvalue weighted by Crippen LogP contribution is -2.59. The molecule has 1 aliphatic rings. The highest BCUT2D eigenvalue weighted by molar-refractivity contribution is 4.89. The molecule has 0 aromatic rings. The van der Waals surface area contributed by atoms with E-state index in [4.69, 9.17) is 14.2 Å². The van der Waals surface area contributed by atoms with Crippen LogP contribution in [0.25, 0.3) is 0 Å². The molecule has 5 unspecified atom stereocenters. The normalized spacial score (nSPS) is 40.3. The minimum absolute atomic E-state index is 0.128. The Balaban J connectivity index is 2.65. The Morgan fingerprint density at radius 3 is 2.25 bits per heavy atom. The fourth-order valence-corrected chi connectivity index (χ4v) is 1.60. The number of hydrogen-bond donors (Lipinski definition) is 3. The van der Waals surface area contributed by atoms with Crippen molar-refractivity contribution < 1.29 is 29.5 Å². The van der Waals surface area contributed by atoms with Gasteiger partial charge in [-0.1, -0.05) is 0 Å². The van der Waals surface area contributed by atoms with E-state index in [1.54, 1.807) is 13.8 Å². The molecular weight excluding hydrogens is 216 g/mol. The third-order valence-corrected chi connectivity index (χ3v) is 2.41. The molecule has 96 valence electrons. The lowest BCUT2D eigenvalue weighted by Gasteiger charge is -2.40. The third kappa shape index (κ3) is 3.13. The van der Waals surface area contributed by atoms with Crippen molar-refractivity contribution in [3.63, 3.8) is 0 Å². The molecule has 6 nitrogen and oxygen atoms in total. The second kappa shape index (κ2) is 5.90. The van der Waals surface area contributed by atoms with Gasteiger partial charge in [0.25, 0.3) is 0 Å². The van der Waals surface area contributed by atoms with Gasteiger partial charge in [0, 0.05) is 7.11 Å². The molecule has 0 radical (unpaired) electrons. The fourth-order valence-electron chi connectivity index (χ4n) is 1.60. The molecule has 1 saturated heterocycles. The van der Waals surface area contributed by atoms with Crippen molar-refractivity contribution in [3.05, 3.63) is 0 Å². The standard InChI is InChI=1S/C10H20O6/c1-5(2)15-10-9(13)8(12)7(11)6(16-10)4-14-3/h5-13H,4H2,1-3H3. The van der Waals surface area contributed by atoms with Crippen LogP contribution in [0.4, 0.5) is 0 Å². The van der Waals surface area contributed by atoms with Crippen molar-refractivity contribution in [1.29, 1.82) is 0 Å². The van der Waals surface area contributed by atoms with Crippen LogP contribution in [0, 0.1) is 0 Å². The molecule has 0 aromatic heterocycles. The zero-order valence-corrected chi connectivity index (χ0v) is 9.74. The van der Waals surface area contributed by atoms with E-state index in [2.05, 4.69) is 0 Å². The van der Waals surface area contributed by atoms with E-state index in [1.807, 2.05) is 0 Å². The van der Waals surface area contributed by atoms with Gasteiger partial charge < -0.3 is 29.5 Å². The molecule has 0 aliphatic carbocycles. The number of aliphatic hydroxyl groups excluding tert-OH is 3. The van der Waals surface area contributed by atoms with Crippen LogP contribution in [0.3, 0.4) is 0 Å². The average Bonchev–Trinajstić information content (AvgIpc) is 2.21. The third-order valence-electron chi connectivity index (χ3n) is 2.41. The first-order chi connectivity index (χ1) is 7.47. The minimum atomic E-state index is -1.29. The van der Waals surface area contributed by atoms with Gasteiger partial charge in [-0.3, -0.25) is 0 Å². The van der Waals surface area contributed by atoms with Crippen LogP contribution in [0.2, 0.25) is 0 Å². The van der Waals surface area contributed by atoms with Gasteiger partial charge >= 0.3 is 0 Å². The Hall–Kier alpha value is -0.240. The molecule has 0 aromatic carbocycles. The highest BCUT2D eigenvalue weighted by Crippen LogP contribution is 2.23. The van der Waals surface area contributed by atoms with E-state index in [0.29, 0.717) is 0 Å². The van der Waals surface area contributed by atoms with Crippen molar-refractivity contribution in [2.24, 2.45) is 0 Å². The molecule has 1 heterocycles. The molecule has 16 heavy (non-hydrogen) atoms. The lowest BCUT2D eigenvalue weighted by molar-refractivity contribution is -0.309. The summed E-state index contributed by atoms with van der Waals surface area (Å²) in [5.41, 5.74) is 0. The molecule has 0 saturated carbocycles. The van der Waals surface area contributed by atoms with Gasteiger partial charge in [-0.05, 0) is 13.8 Å². The highest BCUT2D eigenvalue weighted by Gasteiger charge is 2.44. The second-order valence-electron chi connectivity index (χ2n) is 4.15. The van der Waals surface area contributed by atoms with Gasteiger partial charge in [0.15, 0.2) is 6.29 Å². The van der Waals surface area contributed by atoms with E-state index < -0.39 is 30.7 Å². The van der Waals surface area contributed by atoms with Crippen molar-refractivity contribution >= 4 is 0 Å². The predicted octanol–water partition coefficient (Wildman–Crippen LogP) is -1.13. The lowest BCUT2D eigenvalue weighted by atomic mass is 9.99. The Morgan fingerprint density at radius 1 is 1.12 bits per heavy atom. The zero-order valence-electron chi connectivity index (χ0n) is 9.74. The molecule has 6 heteroatoms. The smallest absolute Gasteiger partial charge is 0.186 e. The number of rotatable bonds is 4. The van der Waals surface area contributed by atoms with Gasteiger partial charge in [0.1, 0.15) is 24.4 Å². The van der Waals surface area contributed by atoms with Gasteiger partial charge in [0.2, 0.25) is 0 Å². The molecule has 1 aliphatic heterocycles. The Morgan fingerprint density at radius 2 is 1.75 bits per heavy atom. The maximum absolute atomic E-state index is 9.64. The summed E-state index contributed by atoms with van der Waals surface area (Å²) in [6.07, 6.45) is -5.53. The van der Waals surface area contributed by atoms with Crippen LogP contribution in [-0.4, -0.2) is 65.8 Å². The Bertz CT molecular complexity index is 209. The van der Waals surface area contributed by atoms with Gasteiger partial charge in [-0.15, -0.1) is 0 Å². The molecular formula is C10H20O6. The summed E-state index contributed by atoms with van der Waals surface area (Å²) < 4.78 is 15.5. The summed E-state index contributed by atoms with van der Waals surface area (Å²) in [4.78, 5) is 0. The number of hydrogen-bond acceptors (Lipinski definition) is 6. The molecule has 1 fully saturated rings. The SMILES string of the molecule is COCC1OC(OC(C)C)C(O)C(O)C1O. The maximum atomic E-state index is 9.64. The van der Waals surface area contributed by atoms with Crippen molar-refractivity contribution in [2.75, 3.05) is 13.7 Å². The quantitative estimate of drug-likeness (QED) is 0.572. The van der Waals surface area contributed by atoms with Crippen LogP contribution in [-0.2, 0) is 14.2 Å². The first-order valence-electron chi connectivity index (χ1n) is 5.31. The monoisotopic (exact) mass is 236 g/mol. The summed E-state index contributed by atoms with van der Waals surface area (Å²) in [7, 11) is 1.46. The fraction of sp³-hybridized carbons (Fsp3) is 1.00. The summed E-state index contributed by atoms with van der Waals surface area (Å²) in [6.45, 7) is 3.71. The van der Waals surface area contributed by atoms with Crippen molar-refractivity contribution in [3.8, 4) is 0 Å². The minimum Gasteiger partial charge on any atom is -0.387 e. The first kappa shape index (κ1) is 13.8. The van der Waals surface area contributed by atoms with Crippen molar-refractivity contribution in [1.82, 2.24) is 0 Å². The first-order valence-corrected chi connectivity index (χ1v) is 5.31. The number of methoxy groups -OCH3 is 1. The average molecular weight is 236 g/mol. The summed E-state index contributed by atoms with van der Waals surface area (Å²) in [5, 5.41) is 28.9. The maximum Gasteiger partial charge on any atom is 0.186 e. The molecule has 1 rings (SSSR count). The second-order valence-corrected chi connectivity index (χ2v) is 4.15. The Kier molecular flexibility index (Phi) is 5.10. The van der Waals surface area contributed by atoms with Crippen LogP contribution < -0.4 is 0 Å². The largest absolute Gasteiger partial charge is 0.387 e. The summed E-state index contributed by atoms with van der Waals surface area (Å²) >= 11 is 0. The molecule has 0 amide bonds. The van der Waals surface area contributed by atoms with E-state index in [-0.39, 0.29) is 12.7 Å². The topological polar surface area (TPSA) is 88.4 Å². The van der Waals surface area contributed by atoms with Crippen LogP contribution >= 0.6 is 0 Å². The van der Waals surface area contributed by atoms with Crippen LogP contribution in [0.15, 0.2) is 0 Å². The zero-order chi connectivity index (χ0) is 12.3. The highest BCUT2D eigenvalue weighted by atomic mass is 16.7. The molecule has 5 atom stereocenters. The number of ether oxygens (including phenoxy) is 3. The van der Waals surface area contributed by atoms with Gasteiger partial charge in [-0.2, -0.15) is 0 Å². The molecule has 0 spiro atoms. The van der Waals surface area contributed by atoms with Gasteiger partial charge in [0.05, 0.1) is 12.7 Å². The molecule has 0 bridgehead atoms.